The van der Waals surface area contributed by atoms with E-state index in [9.17, 15) is 8.78 Å². The molecule has 0 bridgehead atoms. The smallest absolute Gasteiger partial charge is 0.130 e. The lowest BCUT2D eigenvalue weighted by Crippen LogP contribution is -2.66. The fraction of sp³-hybridized carbons (Fsp3) is 0.571. The average Bonchev–Trinajstić information content (AvgIpc) is 2.32. The van der Waals surface area contributed by atoms with Crippen LogP contribution in [0.25, 0.3) is 0 Å². The van der Waals surface area contributed by atoms with Crippen molar-refractivity contribution in [2.75, 3.05) is 39.9 Å². The summed E-state index contributed by atoms with van der Waals surface area (Å²) in [5, 5.41) is 3.35. The lowest BCUT2D eigenvalue weighted by Gasteiger charge is -2.52. The topological polar surface area (TPSA) is 24.5 Å². The Morgan fingerprint density at radius 2 is 2.16 bits per heavy atom. The van der Waals surface area contributed by atoms with Crippen molar-refractivity contribution in [2.24, 2.45) is 0 Å². The first-order chi connectivity index (χ1) is 9.13. The largest absolute Gasteiger partial charge is 0.379 e. The molecule has 2 heterocycles. The number of halogens is 2. The Hall–Kier alpha value is -1.04. The average molecular weight is 268 g/mol. The van der Waals surface area contributed by atoms with E-state index in [1.165, 1.54) is 6.07 Å². The van der Waals surface area contributed by atoms with E-state index >= 15 is 0 Å². The van der Waals surface area contributed by atoms with Crippen LogP contribution in [0.3, 0.4) is 0 Å². The van der Waals surface area contributed by atoms with Crippen molar-refractivity contribution in [1.29, 1.82) is 0 Å². The van der Waals surface area contributed by atoms with Crippen molar-refractivity contribution in [1.82, 2.24) is 10.2 Å². The van der Waals surface area contributed by atoms with E-state index in [2.05, 4.69) is 10.2 Å². The van der Waals surface area contributed by atoms with E-state index in [1.807, 2.05) is 7.05 Å². The molecule has 104 valence electrons. The number of nitrogens with one attached hydrogen (secondary N) is 1. The summed E-state index contributed by atoms with van der Waals surface area (Å²) in [6, 6.07) is 4.03. The Morgan fingerprint density at radius 1 is 1.37 bits per heavy atom. The number of piperazine rings is 1. The summed E-state index contributed by atoms with van der Waals surface area (Å²) in [4.78, 5) is 2.24. The number of likely N-dealkylation sites (N-methyl/N-ethyl adjacent to an activating group) is 1. The molecule has 19 heavy (non-hydrogen) atoms. The molecule has 2 saturated heterocycles. The van der Waals surface area contributed by atoms with Crippen LogP contribution in [-0.2, 0) is 10.2 Å². The first kappa shape index (κ1) is 13.0. The summed E-state index contributed by atoms with van der Waals surface area (Å²) in [6.07, 6.45) is 0. The molecule has 2 fully saturated rings. The third-order valence-electron chi connectivity index (χ3n) is 4.34. The van der Waals surface area contributed by atoms with Gasteiger partial charge in [0.2, 0.25) is 0 Å². The zero-order valence-corrected chi connectivity index (χ0v) is 11.0. The molecular weight excluding hydrogens is 250 g/mol. The Bertz CT molecular complexity index is 477. The molecule has 0 radical (unpaired) electrons. The number of rotatable bonds is 2. The van der Waals surface area contributed by atoms with Crippen LogP contribution in [0.2, 0.25) is 0 Å². The molecule has 3 rings (SSSR count). The van der Waals surface area contributed by atoms with Crippen molar-refractivity contribution < 1.29 is 13.5 Å². The third-order valence-corrected chi connectivity index (χ3v) is 4.34. The van der Waals surface area contributed by atoms with Crippen LogP contribution >= 0.6 is 0 Å². The minimum atomic E-state index is -0.535. The van der Waals surface area contributed by atoms with Gasteiger partial charge in [0.05, 0.1) is 18.6 Å². The van der Waals surface area contributed by atoms with Gasteiger partial charge in [-0.1, -0.05) is 6.07 Å². The number of ether oxygens (including phenoxy) is 1. The molecule has 1 atom stereocenters. The second-order valence-corrected chi connectivity index (χ2v) is 5.47. The highest BCUT2D eigenvalue weighted by Crippen LogP contribution is 2.39. The molecule has 1 unspecified atom stereocenters. The van der Waals surface area contributed by atoms with E-state index < -0.39 is 11.6 Å². The minimum Gasteiger partial charge on any atom is -0.379 e. The van der Waals surface area contributed by atoms with Crippen LogP contribution in [0.1, 0.15) is 5.56 Å². The maximum atomic E-state index is 14.1. The molecular formula is C14H18F2N2O. The molecule has 0 aliphatic carbocycles. The number of benzene rings is 1. The first-order valence-electron chi connectivity index (χ1n) is 6.58. The van der Waals surface area contributed by atoms with E-state index in [0.29, 0.717) is 18.8 Å². The van der Waals surface area contributed by atoms with Gasteiger partial charge < -0.3 is 10.1 Å². The highest BCUT2D eigenvalue weighted by atomic mass is 19.1. The second-order valence-electron chi connectivity index (χ2n) is 5.47. The summed E-state index contributed by atoms with van der Waals surface area (Å²) in [5.41, 5.74) is 0.209. The van der Waals surface area contributed by atoms with Crippen LogP contribution in [0, 0.1) is 11.6 Å². The maximum Gasteiger partial charge on any atom is 0.130 e. The Kier molecular flexibility index (Phi) is 3.28. The number of nitrogens with zero attached hydrogens (tertiary/aromatic N) is 1. The zero-order chi connectivity index (χ0) is 13.5. The Balaban J connectivity index is 1.98. The Labute approximate surface area is 111 Å². The fourth-order valence-corrected chi connectivity index (χ4v) is 3.17. The first-order valence-corrected chi connectivity index (χ1v) is 6.58. The highest BCUT2D eigenvalue weighted by molar-refractivity contribution is 5.33. The van der Waals surface area contributed by atoms with Crippen LogP contribution < -0.4 is 5.32 Å². The van der Waals surface area contributed by atoms with Crippen molar-refractivity contribution in [2.45, 2.75) is 11.5 Å². The van der Waals surface area contributed by atoms with E-state index in [-0.39, 0.29) is 11.5 Å². The third kappa shape index (κ3) is 2.06. The van der Waals surface area contributed by atoms with Crippen molar-refractivity contribution in [3.8, 4) is 0 Å². The van der Waals surface area contributed by atoms with E-state index in [0.717, 1.165) is 25.7 Å². The van der Waals surface area contributed by atoms with Gasteiger partial charge in [-0.25, -0.2) is 8.78 Å². The van der Waals surface area contributed by atoms with Crippen LogP contribution in [-0.4, -0.2) is 50.8 Å². The molecule has 1 aromatic carbocycles. The van der Waals surface area contributed by atoms with E-state index in [4.69, 9.17) is 4.74 Å². The van der Waals surface area contributed by atoms with Crippen LogP contribution in [0.15, 0.2) is 18.2 Å². The highest BCUT2D eigenvalue weighted by Gasteiger charge is 2.50. The molecule has 0 aromatic heterocycles. The number of hydrogen-bond donors (Lipinski definition) is 1. The second kappa shape index (κ2) is 4.81. The monoisotopic (exact) mass is 268 g/mol. The molecule has 0 amide bonds. The van der Waals surface area contributed by atoms with Gasteiger partial charge in [0.1, 0.15) is 11.6 Å². The molecule has 2 aliphatic rings. The standard InChI is InChI=1S/C14H18F2N2O/c1-18-5-4-17-7-13(18)14(8-19-9-14)11-3-2-10(15)6-12(11)16/h2-3,6,13,17H,4-5,7-9H2,1H3. The predicted octanol–water partition coefficient (Wildman–Crippen LogP) is 1.14. The molecule has 3 nitrogen and oxygen atoms in total. The summed E-state index contributed by atoms with van der Waals surface area (Å²) in [5.74, 6) is -1.01. The van der Waals surface area contributed by atoms with Gasteiger partial charge in [-0.3, -0.25) is 4.90 Å². The van der Waals surface area contributed by atoms with Gasteiger partial charge >= 0.3 is 0 Å². The summed E-state index contributed by atoms with van der Waals surface area (Å²) >= 11 is 0. The zero-order valence-electron chi connectivity index (χ0n) is 11.0. The molecule has 1 aromatic rings. The lowest BCUT2D eigenvalue weighted by atomic mass is 9.71. The van der Waals surface area contributed by atoms with Gasteiger partial charge in [-0.05, 0) is 13.1 Å². The van der Waals surface area contributed by atoms with Gasteiger partial charge in [-0.2, -0.15) is 0 Å². The molecule has 5 heteroatoms. The molecule has 2 aliphatic heterocycles. The predicted molar refractivity (Wildman–Crippen MR) is 68.1 cm³/mol. The summed E-state index contributed by atoms with van der Waals surface area (Å²) < 4.78 is 32.6. The molecule has 0 saturated carbocycles. The minimum absolute atomic E-state index is 0.176. The quantitative estimate of drug-likeness (QED) is 0.870. The lowest BCUT2D eigenvalue weighted by molar-refractivity contribution is -0.104. The SMILES string of the molecule is CN1CCNCC1C1(c2ccc(F)cc2F)COC1. The molecule has 0 spiro atoms. The van der Waals surface area contributed by atoms with E-state index in [1.54, 1.807) is 6.07 Å². The normalized spacial score (nSPS) is 27.0. The van der Waals surface area contributed by atoms with Gasteiger partial charge in [0.25, 0.3) is 0 Å². The fourth-order valence-electron chi connectivity index (χ4n) is 3.17. The number of hydrogen-bond acceptors (Lipinski definition) is 3. The van der Waals surface area contributed by atoms with Crippen molar-refractivity contribution >= 4 is 0 Å². The Morgan fingerprint density at radius 3 is 2.74 bits per heavy atom. The summed E-state index contributed by atoms with van der Waals surface area (Å²) in [7, 11) is 2.05. The van der Waals surface area contributed by atoms with Crippen LogP contribution in [0.5, 0.6) is 0 Å². The van der Waals surface area contributed by atoms with Gasteiger partial charge in [0.15, 0.2) is 0 Å². The van der Waals surface area contributed by atoms with Crippen molar-refractivity contribution in [3.05, 3.63) is 35.4 Å². The molecule has 1 N–H and O–H groups in total. The van der Waals surface area contributed by atoms with Crippen LogP contribution in [0.4, 0.5) is 8.78 Å². The maximum absolute atomic E-state index is 14.1. The van der Waals surface area contributed by atoms with Crippen molar-refractivity contribution in [3.63, 3.8) is 0 Å². The van der Waals surface area contributed by atoms with Gasteiger partial charge in [0, 0.05) is 37.3 Å². The summed E-state index contributed by atoms with van der Waals surface area (Å²) in [6.45, 7) is 3.65. The van der Waals surface area contributed by atoms with Gasteiger partial charge in [-0.15, -0.1) is 0 Å².